The molecule has 2 aliphatic heterocycles. The minimum atomic E-state index is -1.09. The van der Waals surface area contributed by atoms with Crippen molar-refractivity contribution >= 4 is 34.2 Å². The van der Waals surface area contributed by atoms with Crippen LogP contribution in [0.2, 0.25) is 5.02 Å². The van der Waals surface area contributed by atoms with Crippen LogP contribution in [-0.4, -0.2) is 66.8 Å². The van der Waals surface area contributed by atoms with E-state index in [4.69, 9.17) is 16.6 Å². The first-order valence-electron chi connectivity index (χ1n) is 11.4. The van der Waals surface area contributed by atoms with E-state index in [1.165, 1.54) is 0 Å². The Balaban J connectivity index is 1.29. The predicted octanol–water partition coefficient (Wildman–Crippen LogP) is 2.39. The second-order valence-electron chi connectivity index (χ2n) is 9.58. The molecule has 170 valence electrons. The highest BCUT2D eigenvalue weighted by atomic mass is 35.5. The molecule has 3 fully saturated rings. The van der Waals surface area contributed by atoms with Gasteiger partial charge in [-0.15, -0.1) is 0 Å². The molecule has 2 unspecified atom stereocenters. The standard InChI is InChI=1S/C22H27ClN6O2S/c23-16-8-24-19(25-9-16)18-14-2-3-15(18)12-28(11-14)21-26-10-17-20(27-21)29(6-7-32(17)31)22(13-30)4-1-5-22/h8-10,14-15,18,30H,1-7,11-13H2/t14?,15?,18?,32-/m1/s1. The van der Waals surface area contributed by atoms with Crippen LogP contribution < -0.4 is 9.80 Å². The largest absolute Gasteiger partial charge is 0.394 e. The third-order valence-electron chi connectivity index (χ3n) is 7.93. The lowest BCUT2D eigenvalue weighted by molar-refractivity contribution is 0.115. The zero-order valence-electron chi connectivity index (χ0n) is 17.9. The molecule has 4 aliphatic rings. The number of rotatable bonds is 4. The molecule has 2 saturated carbocycles. The SMILES string of the molecule is O=[S@@]1CCN(C2(CO)CCC2)c2nc(N3CC4CCC(C3)C4c3ncc(Cl)cn3)ncc21. The Kier molecular flexibility index (Phi) is 5.11. The monoisotopic (exact) mass is 474 g/mol. The van der Waals surface area contributed by atoms with Gasteiger partial charge in [-0.25, -0.2) is 15.0 Å². The van der Waals surface area contributed by atoms with E-state index in [1.54, 1.807) is 18.6 Å². The second-order valence-corrected chi connectivity index (χ2v) is 11.6. The highest BCUT2D eigenvalue weighted by molar-refractivity contribution is 7.85. The number of anilines is 2. The highest BCUT2D eigenvalue weighted by Gasteiger charge is 2.47. The highest BCUT2D eigenvalue weighted by Crippen LogP contribution is 2.48. The van der Waals surface area contributed by atoms with Gasteiger partial charge in [0.25, 0.3) is 0 Å². The Bertz CT molecular complexity index is 1030. The third-order valence-corrected chi connectivity index (χ3v) is 9.46. The van der Waals surface area contributed by atoms with Gasteiger partial charge in [0.05, 0.1) is 39.1 Å². The molecule has 1 N–H and O–H groups in total. The van der Waals surface area contributed by atoms with Gasteiger partial charge in [0.15, 0.2) is 5.82 Å². The van der Waals surface area contributed by atoms with Crippen molar-refractivity contribution in [3.8, 4) is 0 Å². The van der Waals surface area contributed by atoms with Crippen molar-refractivity contribution in [2.75, 3.05) is 41.8 Å². The lowest BCUT2D eigenvalue weighted by Gasteiger charge is -2.51. The first-order valence-corrected chi connectivity index (χ1v) is 13.1. The smallest absolute Gasteiger partial charge is 0.227 e. The van der Waals surface area contributed by atoms with Crippen LogP contribution in [0, 0.1) is 11.8 Å². The number of hydrogen-bond donors (Lipinski definition) is 1. The molecule has 10 heteroatoms. The van der Waals surface area contributed by atoms with Gasteiger partial charge in [-0.2, -0.15) is 4.98 Å². The van der Waals surface area contributed by atoms with Crippen LogP contribution in [0.15, 0.2) is 23.5 Å². The number of piperidine rings is 1. The number of aliphatic hydroxyl groups is 1. The van der Waals surface area contributed by atoms with Crippen LogP contribution in [0.25, 0.3) is 0 Å². The molecule has 8 nitrogen and oxygen atoms in total. The van der Waals surface area contributed by atoms with Crippen molar-refractivity contribution in [1.29, 1.82) is 0 Å². The first kappa shape index (κ1) is 20.7. The Labute approximate surface area is 194 Å². The average molecular weight is 475 g/mol. The molecule has 2 aromatic rings. The van der Waals surface area contributed by atoms with Crippen molar-refractivity contribution in [3.05, 3.63) is 29.4 Å². The van der Waals surface area contributed by atoms with Crippen LogP contribution in [0.3, 0.4) is 0 Å². The molecule has 3 atom stereocenters. The average Bonchev–Trinajstić information content (AvgIpc) is 3.04. The summed E-state index contributed by atoms with van der Waals surface area (Å²) >= 11 is 5.99. The van der Waals surface area contributed by atoms with Crippen molar-refractivity contribution in [1.82, 2.24) is 19.9 Å². The van der Waals surface area contributed by atoms with Crippen LogP contribution in [0.1, 0.15) is 43.8 Å². The van der Waals surface area contributed by atoms with E-state index in [0.29, 0.717) is 45.9 Å². The molecule has 0 amide bonds. The van der Waals surface area contributed by atoms with E-state index in [0.717, 1.165) is 56.8 Å². The summed E-state index contributed by atoms with van der Waals surface area (Å²) in [6, 6.07) is 0. The summed E-state index contributed by atoms with van der Waals surface area (Å²) in [5.74, 6) is 4.16. The number of nitrogens with zero attached hydrogens (tertiary/aromatic N) is 6. The molecule has 2 bridgehead atoms. The molecule has 2 aromatic heterocycles. The van der Waals surface area contributed by atoms with Crippen LogP contribution >= 0.6 is 11.6 Å². The summed E-state index contributed by atoms with van der Waals surface area (Å²) in [6.07, 6.45) is 10.4. The number of halogens is 1. The van der Waals surface area contributed by atoms with E-state index in [2.05, 4.69) is 24.8 Å². The van der Waals surface area contributed by atoms with E-state index in [1.807, 2.05) is 0 Å². The number of hydrogen-bond acceptors (Lipinski definition) is 8. The lowest BCUT2D eigenvalue weighted by Crippen LogP contribution is -2.59. The van der Waals surface area contributed by atoms with Crippen LogP contribution in [0.5, 0.6) is 0 Å². The molecule has 1 saturated heterocycles. The molecule has 6 rings (SSSR count). The summed E-state index contributed by atoms with van der Waals surface area (Å²) in [5, 5.41) is 10.7. The van der Waals surface area contributed by atoms with Crippen LogP contribution in [0.4, 0.5) is 11.8 Å². The molecular formula is C22H27ClN6O2S. The van der Waals surface area contributed by atoms with Gasteiger partial charge in [-0.3, -0.25) is 4.21 Å². The fourth-order valence-corrected chi connectivity index (χ4v) is 7.31. The first-order chi connectivity index (χ1) is 15.6. The maximum atomic E-state index is 12.7. The third kappa shape index (κ3) is 3.23. The van der Waals surface area contributed by atoms with E-state index < -0.39 is 10.8 Å². The zero-order chi connectivity index (χ0) is 21.9. The summed E-state index contributed by atoms with van der Waals surface area (Å²) in [5.41, 5.74) is -0.261. The Morgan fingerprint density at radius 2 is 1.84 bits per heavy atom. The molecular weight excluding hydrogens is 448 g/mol. The van der Waals surface area contributed by atoms with E-state index in [9.17, 15) is 9.32 Å². The quantitative estimate of drug-likeness (QED) is 0.721. The molecule has 4 heterocycles. The van der Waals surface area contributed by atoms with Crippen molar-refractivity contribution in [3.63, 3.8) is 0 Å². The summed E-state index contributed by atoms with van der Waals surface area (Å²) in [6.45, 7) is 2.49. The fourth-order valence-electron chi connectivity index (χ4n) is 6.11. The zero-order valence-corrected chi connectivity index (χ0v) is 19.4. The van der Waals surface area contributed by atoms with Gasteiger partial charge >= 0.3 is 0 Å². The van der Waals surface area contributed by atoms with Crippen molar-refractivity contribution < 1.29 is 9.32 Å². The minimum absolute atomic E-state index is 0.106. The number of fused-ring (bicyclic) bond motifs is 3. The lowest BCUT2D eigenvalue weighted by atomic mass is 9.76. The van der Waals surface area contributed by atoms with Gasteiger partial charge in [0.1, 0.15) is 5.82 Å². The Hall–Kier alpha value is -1.84. The maximum Gasteiger partial charge on any atom is 0.227 e. The number of aliphatic hydroxyl groups excluding tert-OH is 1. The minimum Gasteiger partial charge on any atom is -0.394 e. The predicted molar refractivity (Wildman–Crippen MR) is 123 cm³/mol. The molecule has 2 aliphatic carbocycles. The maximum absolute atomic E-state index is 12.7. The molecule has 0 spiro atoms. The summed E-state index contributed by atoms with van der Waals surface area (Å²) in [4.78, 5) is 23.8. The van der Waals surface area contributed by atoms with Gasteiger partial charge in [-0.05, 0) is 43.9 Å². The normalized spacial score (nSPS) is 30.7. The van der Waals surface area contributed by atoms with Crippen molar-refractivity contribution in [2.45, 2.75) is 48.5 Å². The fraction of sp³-hybridized carbons (Fsp3) is 0.636. The molecule has 0 aromatic carbocycles. The number of aromatic nitrogens is 4. The Morgan fingerprint density at radius 1 is 1.12 bits per heavy atom. The Morgan fingerprint density at radius 3 is 2.47 bits per heavy atom. The van der Waals surface area contributed by atoms with Gasteiger partial charge in [-0.1, -0.05) is 11.6 Å². The van der Waals surface area contributed by atoms with E-state index in [-0.39, 0.29) is 12.1 Å². The topological polar surface area (TPSA) is 95.3 Å². The van der Waals surface area contributed by atoms with Gasteiger partial charge in [0.2, 0.25) is 5.95 Å². The van der Waals surface area contributed by atoms with Gasteiger partial charge < -0.3 is 14.9 Å². The molecule has 32 heavy (non-hydrogen) atoms. The second kappa shape index (κ2) is 7.88. The van der Waals surface area contributed by atoms with Crippen molar-refractivity contribution in [2.24, 2.45) is 11.8 Å². The summed E-state index contributed by atoms with van der Waals surface area (Å²) in [7, 11) is -1.09. The van der Waals surface area contributed by atoms with Gasteiger partial charge in [0, 0.05) is 43.7 Å². The molecule has 0 radical (unpaired) electrons. The summed E-state index contributed by atoms with van der Waals surface area (Å²) < 4.78 is 12.7. The van der Waals surface area contributed by atoms with E-state index >= 15 is 0 Å². The van der Waals surface area contributed by atoms with Crippen LogP contribution in [-0.2, 0) is 10.8 Å².